The highest BCUT2D eigenvalue weighted by molar-refractivity contribution is 5.30. The molecule has 0 aliphatic heterocycles. The van der Waals surface area contributed by atoms with Gasteiger partial charge >= 0.3 is 0 Å². The molecule has 2 heteroatoms. The van der Waals surface area contributed by atoms with Crippen molar-refractivity contribution < 1.29 is 4.57 Å². The molecule has 0 radical (unpaired) electrons. The molecule has 0 N–H and O–H groups in total. The summed E-state index contributed by atoms with van der Waals surface area (Å²) < 4.78 is 4.84. The molecule has 0 saturated heterocycles. The second kappa shape index (κ2) is 10.4. The van der Waals surface area contributed by atoms with Gasteiger partial charge in [-0.2, -0.15) is 0 Å². The fourth-order valence-electron chi connectivity index (χ4n) is 4.59. The first-order valence-electron chi connectivity index (χ1n) is 11.3. The van der Waals surface area contributed by atoms with Gasteiger partial charge in [0, 0.05) is 5.41 Å². The SMILES string of the molecule is CCCCC[n+]1ccn(C(CCC)C(C)(Cc2ccccc2)c2ccccc2)c1. The molecule has 0 fully saturated rings. The van der Waals surface area contributed by atoms with Gasteiger partial charge in [-0.3, -0.25) is 0 Å². The standard InChI is InChI=1S/C27H37N2/c1-4-6-13-19-28-20-21-29(23-28)26(14-5-2)27(3,25-17-11-8-12-18-25)22-24-15-9-7-10-16-24/h7-12,15-18,20-21,23,26H,4-6,13-14,19,22H2,1-3H3/q+1. The predicted molar refractivity (Wildman–Crippen MR) is 122 cm³/mol. The van der Waals surface area contributed by atoms with Gasteiger partial charge < -0.3 is 0 Å². The van der Waals surface area contributed by atoms with E-state index in [-0.39, 0.29) is 5.41 Å². The van der Waals surface area contributed by atoms with Gasteiger partial charge in [0.25, 0.3) is 0 Å². The Morgan fingerprint density at radius 3 is 2.24 bits per heavy atom. The monoisotopic (exact) mass is 389 g/mol. The maximum atomic E-state index is 2.48. The fourth-order valence-corrected chi connectivity index (χ4v) is 4.59. The highest BCUT2D eigenvalue weighted by Gasteiger charge is 2.39. The molecular weight excluding hydrogens is 352 g/mol. The minimum Gasteiger partial charge on any atom is -0.237 e. The summed E-state index contributed by atoms with van der Waals surface area (Å²) in [5.74, 6) is 0. The number of benzene rings is 2. The van der Waals surface area contributed by atoms with Crippen LogP contribution in [0.4, 0.5) is 0 Å². The zero-order valence-corrected chi connectivity index (χ0v) is 18.4. The van der Waals surface area contributed by atoms with E-state index in [1.165, 1.54) is 43.2 Å². The molecule has 1 aromatic heterocycles. The Balaban J connectivity index is 1.96. The summed E-state index contributed by atoms with van der Waals surface area (Å²) in [6, 6.07) is 22.5. The van der Waals surface area contributed by atoms with E-state index in [1.54, 1.807) is 0 Å². The van der Waals surface area contributed by atoms with Gasteiger partial charge in [0.1, 0.15) is 18.4 Å². The van der Waals surface area contributed by atoms with E-state index >= 15 is 0 Å². The van der Waals surface area contributed by atoms with E-state index in [0.29, 0.717) is 6.04 Å². The third kappa shape index (κ3) is 5.38. The first-order chi connectivity index (χ1) is 14.2. The summed E-state index contributed by atoms with van der Waals surface area (Å²) in [4.78, 5) is 0. The van der Waals surface area contributed by atoms with Gasteiger partial charge in [0.2, 0.25) is 6.33 Å². The molecule has 1 heterocycles. The maximum Gasteiger partial charge on any atom is 0.244 e. The molecule has 2 unspecified atom stereocenters. The topological polar surface area (TPSA) is 8.81 Å². The second-order valence-electron chi connectivity index (χ2n) is 8.56. The Hall–Kier alpha value is -2.35. The van der Waals surface area contributed by atoms with Crippen LogP contribution in [0.25, 0.3) is 0 Å². The van der Waals surface area contributed by atoms with Crippen molar-refractivity contribution in [3.05, 3.63) is 90.5 Å². The highest BCUT2D eigenvalue weighted by atomic mass is 15.1. The van der Waals surface area contributed by atoms with Crippen molar-refractivity contribution in [1.82, 2.24) is 4.57 Å². The number of rotatable bonds is 11. The number of aryl methyl sites for hydroxylation is 1. The summed E-state index contributed by atoms with van der Waals surface area (Å²) in [5.41, 5.74) is 2.86. The van der Waals surface area contributed by atoms with Crippen LogP contribution in [0.5, 0.6) is 0 Å². The summed E-state index contributed by atoms with van der Waals surface area (Å²) in [6.45, 7) is 8.14. The molecule has 0 amide bonds. The molecule has 0 bridgehead atoms. The number of nitrogens with zero attached hydrogens (tertiary/aromatic N) is 2. The van der Waals surface area contributed by atoms with Crippen LogP contribution in [-0.2, 0) is 18.4 Å². The van der Waals surface area contributed by atoms with E-state index in [1.807, 2.05) is 0 Å². The van der Waals surface area contributed by atoms with Crippen molar-refractivity contribution in [2.24, 2.45) is 0 Å². The molecule has 3 aromatic rings. The number of aromatic nitrogens is 2. The summed E-state index contributed by atoms with van der Waals surface area (Å²) >= 11 is 0. The summed E-state index contributed by atoms with van der Waals surface area (Å²) in [6.07, 6.45) is 14.1. The molecule has 154 valence electrons. The Bertz CT molecular complexity index is 837. The van der Waals surface area contributed by atoms with Crippen LogP contribution >= 0.6 is 0 Å². The predicted octanol–water partition coefficient (Wildman–Crippen LogP) is 6.51. The Morgan fingerprint density at radius 2 is 1.59 bits per heavy atom. The fraction of sp³-hybridized carbons (Fsp3) is 0.444. The lowest BCUT2D eigenvalue weighted by Gasteiger charge is -2.36. The molecule has 0 saturated carbocycles. The van der Waals surface area contributed by atoms with Crippen LogP contribution in [0.15, 0.2) is 79.4 Å². The third-order valence-electron chi connectivity index (χ3n) is 6.24. The molecule has 3 rings (SSSR count). The van der Waals surface area contributed by atoms with Crippen molar-refractivity contribution in [1.29, 1.82) is 0 Å². The number of unbranched alkanes of at least 4 members (excludes halogenated alkanes) is 2. The quantitative estimate of drug-likeness (QED) is 0.261. The van der Waals surface area contributed by atoms with Gasteiger partial charge in [-0.25, -0.2) is 9.13 Å². The number of imidazole rings is 1. The first kappa shape index (κ1) is 21.4. The second-order valence-corrected chi connectivity index (χ2v) is 8.56. The van der Waals surface area contributed by atoms with Crippen LogP contribution in [-0.4, -0.2) is 4.57 Å². The third-order valence-corrected chi connectivity index (χ3v) is 6.24. The molecular formula is C27H37N2+. The number of hydrogen-bond donors (Lipinski definition) is 0. The first-order valence-corrected chi connectivity index (χ1v) is 11.3. The number of hydrogen-bond acceptors (Lipinski definition) is 0. The largest absolute Gasteiger partial charge is 0.244 e. The smallest absolute Gasteiger partial charge is 0.237 e. The zero-order valence-electron chi connectivity index (χ0n) is 18.4. The van der Waals surface area contributed by atoms with Gasteiger partial charge in [-0.1, -0.05) is 94.3 Å². The molecule has 2 atom stereocenters. The minimum absolute atomic E-state index is 0.0267. The van der Waals surface area contributed by atoms with E-state index in [9.17, 15) is 0 Å². The lowest BCUT2D eigenvalue weighted by molar-refractivity contribution is -0.697. The van der Waals surface area contributed by atoms with E-state index in [2.05, 4.69) is 109 Å². The van der Waals surface area contributed by atoms with Crippen molar-refractivity contribution in [3.8, 4) is 0 Å². The molecule has 0 spiro atoms. The lowest BCUT2D eigenvalue weighted by atomic mass is 9.70. The normalized spacial score (nSPS) is 14.4. The van der Waals surface area contributed by atoms with E-state index in [0.717, 1.165) is 13.0 Å². The molecule has 2 aromatic carbocycles. The highest BCUT2D eigenvalue weighted by Crippen LogP contribution is 2.41. The van der Waals surface area contributed by atoms with E-state index < -0.39 is 0 Å². The Kier molecular flexibility index (Phi) is 7.69. The zero-order chi connectivity index (χ0) is 20.5. The summed E-state index contributed by atoms with van der Waals surface area (Å²) in [7, 11) is 0. The van der Waals surface area contributed by atoms with Crippen molar-refractivity contribution in [2.45, 2.75) is 77.3 Å². The Labute approximate surface area is 177 Å². The summed E-state index contributed by atoms with van der Waals surface area (Å²) in [5, 5.41) is 0. The van der Waals surface area contributed by atoms with Crippen molar-refractivity contribution >= 4 is 0 Å². The Morgan fingerprint density at radius 1 is 0.897 bits per heavy atom. The van der Waals surface area contributed by atoms with Gasteiger partial charge in [0.15, 0.2) is 0 Å². The maximum absolute atomic E-state index is 2.48. The van der Waals surface area contributed by atoms with Gasteiger partial charge in [-0.05, 0) is 36.8 Å². The molecule has 0 aliphatic rings. The van der Waals surface area contributed by atoms with Crippen LogP contribution in [0, 0.1) is 0 Å². The minimum atomic E-state index is 0.0267. The molecule has 0 aliphatic carbocycles. The van der Waals surface area contributed by atoms with Crippen molar-refractivity contribution in [3.63, 3.8) is 0 Å². The molecule has 29 heavy (non-hydrogen) atoms. The van der Waals surface area contributed by atoms with E-state index in [4.69, 9.17) is 0 Å². The van der Waals surface area contributed by atoms with Crippen LogP contribution in [0.2, 0.25) is 0 Å². The van der Waals surface area contributed by atoms with Crippen LogP contribution in [0.3, 0.4) is 0 Å². The van der Waals surface area contributed by atoms with Crippen LogP contribution < -0.4 is 4.57 Å². The van der Waals surface area contributed by atoms with Gasteiger partial charge in [-0.15, -0.1) is 0 Å². The average Bonchev–Trinajstić information content (AvgIpc) is 3.22. The molecule has 2 nitrogen and oxygen atoms in total. The van der Waals surface area contributed by atoms with Crippen molar-refractivity contribution in [2.75, 3.05) is 0 Å². The lowest BCUT2D eigenvalue weighted by Crippen LogP contribution is -2.37. The average molecular weight is 390 g/mol. The van der Waals surface area contributed by atoms with Gasteiger partial charge in [0.05, 0.1) is 6.54 Å². The van der Waals surface area contributed by atoms with Crippen LogP contribution in [0.1, 0.15) is 70.0 Å².